The second-order valence-electron chi connectivity index (χ2n) is 4.82. The summed E-state index contributed by atoms with van der Waals surface area (Å²) in [6.07, 6.45) is 2.70. The average Bonchev–Trinajstić information content (AvgIpc) is 2.94. The summed E-state index contributed by atoms with van der Waals surface area (Å²) in [6.45, 7) is 2.94. The van der Waals surface area contributed by atoms with E-state index in [1.54, 1.807) is 18.0 Å². The molecule has 0 aliphatic carbocycles. The number of aromatic nitrogens is 3. The van der Waals surface area contributed by atoms with Crippen LogP contribution in [0.5, 0.6) is 5.75 Å². The molecule has 20 heavy (non-hydrogen) atoms. The van der Waals surface area contributed by atoms with E-state index in [0.717, 1.165) is 30.2 Å². The lowest BCUT2D eigenvalue weighted by Gasteiger charge is -2.29. The van der Waals surface area contributed by atoms with Gasteiger partial charge in [-0.2, -0.15) is 0 Å². The van der Waals surface area contributed by atoms with Gasteiger partial charge in [0.05, 0.1) is 17.9 Å². The number of nitrogens with two attached hydrogens (primary N) is 1. The van der Waals surface area contributed by atoms with Crippen molar-refractivity contribution in [3.8, 4) is 5.75 Å². The molecule has 1 aromatic carbocycles. The first-order valence-electron chi connectivity index (χ1n) is 6.82. The summed E-state index contributed by atoms with van der Waals surface area (Å²) in [5.41, 5.74) is 7.30. The van der Waals surface area contributed by atoms with E-state index in [-0.39, 0.29) is 12.1 Å². The summed E-state index contributed by atoms with van der Waals surface area (Å²) in [6, 6.07) is 7.86. The second kappa shape index (κ2) is 5.85. The van der Waals surface area contributed by atoms with Gasteiger partial charge in [-0.05, 0) is 18.6 Å². The van der Waals surface area contributed by atoms with Gasteiger partial charge in [0.25, 0.3) is 0 Å². The molecule has 3 rings (SSSR count). The molecule has 5 nitrogen and oxygen atoms in total. The molecular formula is C14H18N4OS. The lowest BCUT2D eigenvalue weighted by Crippen LogP contribution is -2.36. The van der Waals surface area contributed by atoms with Crippen LogP contribution in [0.1, 0.15) is 25.1 Å². The monoisotopic (exact) mass is 290 g/mol. The Hall–Kier alpha value is -1.53. The number of ether oxygens (including phenoxy) is 1. The van der Waals surface area contributed by atoms with Crippen molar-refractivity contribution in [2.45, 2.75) is 36.9 Å². The molecule has 1 aliphatic heterocycles. The van der Waals surface area contributed by atoms with Crippen LogP contribution >= 0.6 is 11.8 Å². The standard InChI is InChI=1S/C14H18N4OS/c1-2-7-18-10(8-16-17-18)14(15)12-9-20-13-6-4-3-5-11(13)19-12/h3-6,8,12,14H,2,7,9,15H2,1H3. The molecule has 0 bridgehead atoms. The van der Waals surface area contributed by atoms with Crippen LogP contribution in [-0.2, 0) is 6.54 Å². The fourth-order valence-electron chi connectivity index (χ4n) is 2.31. The topological polar surface area (TPSA) is 66.0 Å². The van der Waals surface area contributed by atoms with Crippen molar-refractivity contribution in [1.82, 2.24) is 15.0 Å². The number of nitrogens with zero attached hydrogens (tertiary/aromatic N) is 3. The predicted octanol–water partition coefficient (Wildman–Crippen LogP) is 2.24. The summed E-state index contributed by atoms with van der Waals surface area (Å²) in [5.74, 6) is 1.76. The molecule has 1 aliphatic rings. The Morgan fingerprint density at radius 1 is 1.50 bits per heavy atom. The Kier molecular flexibility index (Phi) is 3.93. The molecular weight excluding hydrogens is 272 g/mol. The minimum atomic E-state index is -0.211. The van der Waals surface area contributed by atoms with Gasteiger partial charge < -0.3 is 10.5 Å². The highest BCUT2D eigenvalue weighted by molar-refractivity contribution is 7.99. The number of para-hydroxylation sites is 1. The van der Waals surface area contributed by atoms with Crippen LogP contribution in [-0.4, -0.2) is 26.9 Å². The maximum Gasteiger partial charge on any atom is 0.133 e. The van der Waals surface area contributed by atoms with Crippen LogP contribution in [0.2, 0.25) is 0 Å². The zero-order chi connectivity index (χ0) is 13.9. The molecule has 1 aromatic heterocycles. The molecule has 2 aromatic rings. The number of rotatable bonds is 4. The number of hydrogen-bond donors (Lipinski definition) is 1. The molecule has 2 atom stereocenters. The molecule has 6 heteroatoms. The first-order chi connectivity index (χ1) is 9.79. The first kappa shape index (κ1) is 13.5. The fourth-order valence-corrected chi connectivity index (χ4v) is 3.36. The molecule has 0 saturated heterocycles. The van der Waals surface area contributed by atoms with Crippen molar-refractivity contribution in [2.24, 2.45) is 5.73 Å². The Labute approximate surface area is 122 Å². The van der Waals surface area contributed by atoms with Crippen molar-refractivity contribution in [1.29, 1.82) is 0 Å². The number of fused-ring (bicyclic) bond motifs is 1. The minimum Gasteiger partial charge on any atom is -0.486 e. The lowest BCUT2D eigenvalue weighted by molar-refractivity contribution is 0.181. The van der Waals surface area contributed by atoms with Crippen molar-refractivity contribution < 1.29 is 4.74 Å². The van der Waals surface area contributed by atoms with E-state index in [1.165, 1.54) is 4.90 Å². The summed E-state index contributed by atoms with van der Waals surface area (Å²) < 4.78 is 7.91. The van der Waals surface area contributed by atoms with E-state index in [9.17, 15) is 0 Å². The van der Waals surface area contributed by atoms with Gasteiger partial charge in [-0.15, -0.1) is 16.9 Å². The molecule has 2 heterocycles. The Morgan fingerprint density at radius 3 is 3.20 bits per heavy atom. The zero-order valence-corrected chi connectivity index (χ0v) is 12.2. The molecule has 0 spiro atoms. The first-order valence-corrected chi connectivity index (χ1v) is 7.80. The van der Waals surface area contributed by atoms with E-state index in [0.29, 0.717) is 0 Å². The maximum atomic E-state index is 6.36. The summed E-state index contributed by atoms with van der Waals surface area (Å²) in [5, 5.41) is 8.06. The molecule has 0 radical (unpaired) electrons. The van der Waals surface area contributed by atoms with Crippen molar-refractivity contribution in [2.75, 3.05) is 5.75 Å². The van der Waals surface area contributed by atoms with Crippen LogP contribution in [0.25, 0.3) is 0 Å². The van der Waals surface area contributed by atoms with Gasteiger partial charge in [0.2, 0.25) is 0 Å². The third-order valence-corrected chi connectivity index (χ3v) is 4.50. The largest absolute Gasteiger partial charge is 0.486 e. The summed E-state index contributed by atoms with van der Waals surface area (Å²) in [7, 11) is 0. The number of hydrogen-bond acceptors (Lipinski definition) is 5. The van der Waals surface area contributed by atoms with E-state index >= 15 is 0 Å². The highest BCUT2D eigenvalue weighted by Gasteiger charge is 2.29. The van der Waals surface area contributed by atoms with Crippen LogP contribution < -0.4 is 10.5 Å². The molecule has 106 valence electrons. The molecule has 0 saturated carbocycles. The highest BCUT2D eigenvalue weighted by Crippen LogP contribution is 2.37. The third kappa shape index (κ3) is 2.53. The Balaban J connectivity index is 1.78. The van der Waals surface area contributed by atoms with Gasteiger partial charge in [0.15, 0.2) is 0 Å². The van der Waals surface area contributed by atoms with Gasteiger partial charge in [0, 0.05) is 17.2 Å². The van der Waals surface area contributed by atoms with Crippen LogP contribution in [0, 0.1) is 0 Å². The fraction of sp³-hybridized carbons (Fsp3) is 0.429. The average molecular weight is 290 g/mol. The van der Waals surface area contributed by atoms with E-state index in [4.69, 9.17) is 10.5 Å². The number of aryl methyl sites for hydroxylation is 1. The number of benzene rings is 1. The molecule has 0 fully saturated rings. The summed E-state index contributed by atoms with van der Waals surface area (Å²) >= 11 is 1.79. The second-order valence-corrected chi connectivity index (χ2v) is 5.88. The van der Waals surface area contributed by atoms with Crippen molar-refractivity contribution in [3.63, 3.8) is 0 Å². The van der Waals surface area contributed by atoms with Gasteiger partial charge in [-0.25, -0.2) is 4.68 Å². The number of thioether (sulfide) groups is 1. The Bertz CT molecular complexity index is 586. The van der Waals surface area contributed by atoms with Crippen LogP contribution in [0.4, 0.5) is 0 Å². The molecule has 2 N–H and O–H groups in total. The smallest absolute Gasteiger partial charge is 0.133 e. The van der Waals surface area contributed by atoms with E-state index < -0.39 is 0 Å². The Morgan fingerprint density at radius 2 is 2.35 bits per heavy atom. The lowest BCUT2D eigenvalue weighted by atomic mass is 10.1. The zero-order valence-electron chi connectivity index (χ0n) is 11.4. The third-order valence-electron chi connectivity index (χ3n) is 3.36. The normalized spacial score (nSPS) is 19.2. The predicted molar refractivity (Wildman–Crippen MR) is 78.8 cm³/mol. The van der Waals surface area contributed by atoms with Gasteiger partial charge in [-0.3, -0.25) is 0 Å². The van der Waals surface area contributed by atoms with Crippen molar-refractivity contribution in [3.05, 3.63) is 36.2 Å². The minimum absolute atomic E-state index is 0.0518. The SMILES string of the molecule is CCCn1nncc1C(N)C1CSc2ccccc2O1. The van der Waals surface area contributed by atoms with Crippen LogP contribution in [0.15, 0.2) is 35.4 Å². The van der Waals surface area contributed by atoms with E-state index in [2.05, 4.69) is 23.3 Å². The van der Waals surface area contributed by atoms with Crippen molar-refractivity contribution >= 4 is 11.8 Å². The highest BCUT2D eigenvalue weighted by atomic mass is 32.2. The van der Waals surface area contributed by atoms with Gasteiger partial charge >= 0.3 is 0 Å². The van der Waals surface area contributed by atoms with Crippen LogP contribution in [0.3, 0.4) is 0 Å². The van der Waals surface area contributed by atoms with E-state index in [1.807, 2.05) is 22.9 Å². The summed E-state index contributed by atoms with van der Waals surface area (Å²) in [4.78, 5) is 1.18. The molecule has 0 amide bonds. The van der Waals surface area contributed by atoms with Gasteiger partial charge in [-0.1, -0.05) is 24.3 Å². The molecule has 2 unspecified atom stereocenters. The maximum absolute atomic E-state index is 6.36. The quantitative estimate of drug-likeness (QED) is 0.935. The van der Waals surface area contributed by atoms with Gasteiger partial charge in [0.1, 0.15) is 11.9 Å².